The number of hydrogen-bond acceptors (Lipinski definition) is 6. The molecule has 1 aromatic heterocycles. The number of amides is 1. The van der Waals surface area contributed by atoms with Crippen LogP contribution in [-0.2, 0) is 16.9 Å². The van der Waals surface area contributed by atoms with Crippen molar-refractivity contribution in [2.45, 2.75) is 56.2 Å². The van der Waals surface area contributed by atoms with Crippen molar-refractivity contribution in [1.29, 1.82) is 0 Å². The van der Waals surface area contributed by atoms with Crippen LogP contribution in [0, 0.1) is 5.92 Å². The Kier molecular flexibility index (Phi) is 8.87. The monoisotopic (exact) mass is 550 g/mol. The number of halogens is 1. The molecular weight excluding hydrogens is 516 g/mol. The van der Waals surface area contributed by atoms with Gasteiger partial charge in [0.2, 0.25) is 0 Å². The number of anilines is 1. The minimum absolute atomic E-state index is 0.0570. The molecule has 2 unspecified atom stereocenters. The number of nitrogens with zero attached hydrogens (tertiary/aromatic N) is 4. The fourth-order valence-corrected chi connectivity index (χ4v) is 6.38. The Morgan fingerprint density at radius 3 is 2.34 bits per heavy atom. The molecule has 2 fully saturated rings. The first-order valence-electron chi connectivity index (χ1n) is 13.4. The van der Waals surface area contributed by atoms with E-state index in [4.69, 9.17) is 21.3 Å². The molecule has 0 N–H and O–H groups in total. The van der Waals surface area contributed by atoms with Crippen molar-refractivity contribution in [3.63, 3.8) is 0 Å². The van der Waals surface area contributed by atoms with E-state index in [0.29, 0.717) is 40.6 Å². The van der Waals surface area contributed by atoms with Crippen LogP contribution in [0.5, 0.6) is 0 Å². The summed E-state index contributed by atoms with van der Waals surface area (Å²) in [7, 11) is 0. The first-order valence-corrected chi connectivity index (χ1v) is 14.8. The predicted molar refractivity (Wildman–Crippen MR) is 154 cm³/mol. The van der Waals surface area contributed by atoms with Crippen molar-refractivity contribution in [3.8, 4) is 0 Å². The maximum atomic E-state index is 12.9. The highest BCUT2D eigenvalue weighted by atomic mass is 35.5. The van der Waals surface area contributed by atoms with Gasteiger partial charge in [0, 0.05) is 43.6 Å². The minimum Gasteiger partial charge on any atom is -0.372 e. The van der Waals surface area contributed by atoms with Crippen molar-refractivity contribution in [2.75, 3.05) is 31.1 Å². The molecule has 1 amide bonds. The van der Waals surface area contributed by atoms with E-state index in [-0.39, 0.29) is 18.1 Å². The van der Waals surface area contributed by atoms with Gasteiger partial charge in [-0.25, -0.2) is 9.97 Å². The Hall–Kier alpha value is -2.61. The molecule has 5 rings (SSSR count). The molecule has 6 nitrogen and oxygen atoms in total. The second-order valence-corrected chi connectivity index (χ2v) is 11.7. The van der Waals surface area contributed by atoms with Crippen LogP contribution in [0.15, 0.2) is 65.8 Å². The molecule has 2 aromatic carbocycles. The molecule has 3 heterocycles. The van der Waals surface area contributed by atoms with Gasteiger partial charge in [0.05, 0.1) is 12.2 Å². The highest BCUT2D eigenvalue weighted by Gasteiger charge is 2.26. The summed E-state index contributed by atoms with van der Waals surface area (Å²) in [6, 6.07) is 20.5. The van der Waals surface area contributed by atoms with Gasteiger partial charge in [-0.15, -0.1) is 0 Å². The summed E-state index contributed by atoms with van der Waals surface area (Å²) in [5.74, 6) is 2.37. The fourth-order valence-electron chi connectivity index (χ4n) is 5.34. The molecule has 0 radical (unpaired) electrons. The topological polar surface area (TPSA) is 58.6 Å². The lowest BCUT2D eigenvalue weighted by Gasteiger charge is -2.35. The molecule has 2 saturated heterocycles. The predicted octanol–water partition coefficient (Wildman–Crippen LogP) is 6.13. The fraction of sp³-hybridized carbons (Fsp3) is 0.433. The smallest absolute Gasteiger partial charge is 0.254 e. The van der Waals surface area contributed by atoms with Crippen LogP contribution in [0.3, 0.4) is 0 Å². The zero-order valence-corrected chi connectivity index (χ0v) is 23.6. The van der Waals surface area contributed by atoms with Crippen molar-refractivity contribution in [3.05, 3.63) is 82.5 Å². The molecule has 200 valence electrons. The quantitative estimate of drug-likeness (QED) is 0.200. The standard InChI is InChI=1S/C30H35ClN4O2S/c1-21-18-35(19-22(2)37-21)29(36)26-10-8-25(9-11-26)20-38-30-32-27(31)17-28(33-30)34-14-12-24(13-15-34)16-23-6-4-3-5-7-23/h3-11,17,21-22,24H,12-16,18-20H2,1-2H3. The van der Waals surface area contributed by atoms with Gasteiger partial charge in [-0.05, 0) is 62.3 Å². The lowest BCUT2D eigenvalue weighted by molar-refractivity contribution is -0.0586. The molecular formula is C30H35ClN4O2S. The highest BCUT2D eigenvalue weighted by Crippen LogP contribution is 2.29. The Balaban J connectivity index is 1.15. The van der Waals surface area contributed by atoms with E-state index in [1.807, 2.05) is 49.1 Å². The van der Waals surface area contributed by atoms with E-state index in [9.17, 15) is 4.79 Å². The van der Waals surface area contributed by atoms with Gasteiger partial charge in [-0.2, -0.15) is 0 Å². The first kappa shape index (κ1) is 27.0. The third-order valence-corrected chi connectivity index (χ3v) is 8.35. The van der Waals surface area contributed by atoms with Gasteiger partial charge in [-0.1, -0.05) is 65.8 Å². The summed E-state index contributed by atoms with van der Waals surface area (Å²) in [5, 5.41) is 1.15. The summed E-state index contributed by atoms with van der Waals surface area (Å²) in [6.07, 6.45) is 3.54. The molecule has 38 heavy (non-hydrogen) atoms. The average Bonchev–Trinajstić information content (AvgIpc) is 2.92. The van der Waals surface area contributed by atoms with Gasteiger partial charge in [-0.3, -0.25) is 4.79 Å². The number of benzene rings is 2. The maximum absolute atomic E-state index is 12.9. The van der Waals surface area contributed by atoms with Crippen LogP contribution >= 0.6 is 23.4 Å². The van der Waals surface area contributed by atoms with Gasteiger partial charge in [0.1, 0.15) is 11.0 Å². The third-order valence-electron chi connectivity index (χ3n) is 7.24. The Bertz CT molecular complexity index is 1210. The summed E-state index contributed by atoms with van der Waals surface area (Å²) in [4.78, 5) is 26.4. The van der Waals surface area contributed by atoms with Gasteiger partial charge in [0.15, 0.2) is 5.16 Å². The molecule has 0 saturated carbocycles. The van der Waals surface area contributed by atoms with E-state index in [0.717, 1.165) is 43.7 Å². The second kappa shape index (κ2) is 12.5. The normalized spacial score (nSPS) is 20.5. The highest BCUT2D eigenvalue weighted by molar-refractivity contribution is 7.98. The number of carbonyl (C=O) groups excluding carboxylic acids is 1. The second-order valence-electron chi connectivity index (χ2n) is 10.4. The summed E-state index contributed by atoms with van der Waals surface area (Å²) in [5.41, 5.74) is 3.23. The summed E-state index contributed by atoms with van der Waals surface area (Å²) in [6.45, 7) is 7.22. The Morgan fingerprint density at radius 2 is 1.66 bits per heavy atom. The van der Waals surface area contributed by atoms with Gasteiger partial charge >= 0.3 is 0 Å². The number of hydrogen-bond donors (Lipinski definition) is 0. The number of morpholine rings is 1. The number of aromatic nitrogens is 2. The largest absolute Gasteiger partial charge is 0.372 e. The van der Waals surface area contributed by atoms with Crippen LogP contribution in [0.1, 0.15) is 48.2 Å². The summed E-state index contributed by atoms with van der Waals surface area (Å²) >= 11 is 7.96. The van der Waals surface area contributed by atoms with Crippen molar-refractivity contribution >= 4 is 35.1 Å². The minimum atomic E-state index is 0.0570. The van der Waals surface area contributed by atoms with E-state index in [1.54, 1.807) is 11.8 Å². The van der Waals surface area contributed by atoms with Crippen LogP contribution < -0.4 is 4.90 Å². The molecule has 0 aliphatic carbocycles. The van der Waals surface area contributed by atoms with E-state index >= 15 is 0 Å². The van der Waals surface area contributed by atoms with Crippen LogP contribution in [0.25, 0.3) is 0 Å². The molecule has 2 aliphatic heterocycles. The number of ether oxygens (including phenoxy) is 1. The van der Waals surface area contributed by atoms with Crippen molar-refractivity contribution in [1.82, 2.24) is 14.9 Å². The van der Waals surface area contributed by atoms with Crippen LogP contribution in [0.2, 0.25) is 5.15 Å². The molecule has 2 atom stereocenters. The van der Waals surface area contributed by atoms with Gasteiger partial charge < -0.3 is 14.5 Å². The van der Waals surface area contributed by atoms with Gasteiger partial charge in [0.25, 0.3) is 5.91 Å². The maximum Gasteiger partial charge on any atom is 0.254 e. The van der Waals surface area contributed by atoms with E-state index < -0.39 is 0 Å². The lowest BCUT2D eigenvalue weighted by atomic mass is 9.90. The zero-order chi connectivity index (χ0) is 26.5. The number of thioether (sulfide) groups is 1. The average molecular weight is 551 g/mol. The molecule has 3 aromatic rings. The first-order chi connectivity index (χ1) is 18.4. The lowest BCUT2D eigenvalue weighted by Crippen LogP contribution is -2.48. The molecule has 2 aliphatic rings. The Morgan fingerprint density at radius 1 is 0.974 bits per heavy atom. The number of piperidine rings is 1. The zero-order valence-electron chi connectivity index (χ0n) is 22.1. The van der Waals surface area contributed by atoms with E-state index in [2.05, 4.69) is 40.2 Å². The third kappa shape index (κ3) is 7.07. The Labute approximate surface area is 234 Å². The molecule has 8 heteroatoms. The SMILES string of the molecule is CC1CN(C(=O)c2ccc(CSc3nc(Cl)cc(N4CCC(Cc5ccccc5)CC4)n3)cc2)CC(C)O1. The summed E-state index contributed by atoms with van der Waals surface area (Å²) < 4.78 is 5.76. The molecule has 0 bridgehead atoms. The number of carbonyl (C=O) groups is 1. The van der Waals surface area contributed by atoms with Crippen LogP contribution in [0.4, 0.5) is 5.82 Å². The number of rotatable bonds is 7. The molecule has 0 spiro atoms. The van der Waals surface area contributed by atoms with Crippen LogP contribution in [-0.4, -0.2) is 59.2 Å². The van der Waals surface area contributed by atoms with Crippen molar-refractivity contribution in [2.24, 2.45) is 5.92 Å². The van der Waals surface area contributed by atoms with Crippen molar-refractivity contribution < 1.29 is 9.53 Å². The van der Waals surface area contributed by atoms with E-state index in [1.165, 1.54) is 5.56 Å².